The molecule has 0 atom stereocenters. The van der Waals surface area contributed by atoms with Gasteiger partial charge in [-0.05, 0) is 24.1 Å². The Labute approximate surface area is 75.5 Å². The number of anilines is 1. The van der Waals surface area contributed by atoms with Crippen LogP contribution in [0.3, 0.4) is 0 Å². The smallest absolute Gasteiger partial charge is 0.261 e. The van der Waals surface area contributed by atoms with E-state index in [1.807, 2.05) is 19.1 Å². The van der Waals surface area contributed by atoms with Crippen LogP contribution in [0.15, 0.2) is 24.3 Å². The summed E-state index contributed by atoms with van der Waals surface area (Å²) in [5.41, 5.74) is 3.83. The molecule has 4 heteroatoms. The lowest BCUT2D eigenvalue weighted by Gasteiger charge is -2.05. The van der Waals surface area contributed by atoms with E-state index in [1.165, 1.54) is 0 Å². The van der Waals surface area contributed by atoms with E-state index in [-0.39, 0.29) is 0 Å². The van der Waals surface area contributed by atoms with Gasteiger partial charge in [0.15, 0.2) is 0 Å². The fraction of sp³-hybridized carbons (Fsp3) is 0.333. The number of benzene rings is 1. The van der Waals surface area contributed by atoms with Crippen LogP contribution >= 0.6 is 0 Å². The van der Waals surface area contributed by atoms with E-state index in [2.05, 4.69) is 10.3 Å². The molecule has 72 valence electrons. The number of aryl methyl sites for hydroxylation is 1. The quantitative estimate of drug-likeness (QED) is 0.732. The van der Waals surface area contributed by atoms with Crippen molar-refractivity contribution in [3.8, 4) is 0 Å². The van der Waals surface area contributed by atoms with Gasteiger partial charge >= 0.3 is 6.61 Å². The summed E-state index contributed by atoms with van der Waals surface area (Å²) in [6.45, 7) is -0.774. The standard InChI is InChI=1S/C9H11F2NO/c1-2-7-3-5-8(6-4-7)12-13-9(10)11/h3-6,9,12H,2H2,1H3. The Balaban J connectivity index is 2.49. The monoisotopic (exact) mass is 187 g/mol. The molecule has 1 N–H and O–H groups in total. The SMILES string of the molecule is CCc1ccc(NOC(F)F)cc1. The summed E-state index contributed by atoms with van der Waals surface area (Å²) >= 11 is 0. The van der Waals surface area contributed by atoms with Crippen molar-refractivity contribution < 1.29 is 13.6 Å². The maximum Gasteiger partial charge on any atom is 0.364 e. The molecule has 0 amide bonds. The van der Waals surface area contributed by atoms with Crippen LogP contribution in [0.1, 0.15) is 12.5 Å². The van der Waals surface area contributed by atoms with E-state index < -0.39 is 6.61 Å². The normalized spacial score (nSPS) is 10.5. The molecule has 0 aliphatic heterocycles. The van der Waals surface area contributed by atoms with Gasteiger partial charge in [-0.25, -0.2) is 4.84 Å². The molecule has 0 spiro atoms. The number of nitrogens with one attached hydrogen (secondary N) is 1. The Hall–Kier alpha value is -1.16. The zero-order valence-electron chi connectivity index (χ0n) is 7.26. The van der Waals surface area contributed by atoms with Gasteiger partial charge in [0.2, 0.25) is 0 Å². The zero-order chi connectivity index (χ0) is 9.68. The molecule has 0 heterocycles. The third-order valence-electron chi connectivity index (χ3n) is 1.63. The second-order valence-corrected chi connectivity index (χ2v) is 2.53. The molecule has 0 saturated heterocycles. The van der Waals surface area contributed by atoms with Gasteiger partial charge in [-0.1, -0.05) is 19.1 Å². The molecule has 0 aliphatic rings. The molecule has 2 nitrogen and oxygen atoms in total. The van der Waals surface area contributed by atoms with E-state index >= 15 is 0 Å². The number of hydrogen-bond acceptors (Lipinski definition) is 2. The fourth-order valence-corrected chi connectivity index (χ4v) is 0.921. The zero-order valence-corrected chi connectivity index (χ0v) is 7.26. The van der Waals surface area contributed by atoms with Gasteiger partial charge in [-0.2, -0.15) is 8.78 Å². The molecule has 1 rings (SSSR count). The second kappa shape index (κ2) is 4.77. The summed E-state index contributed by atoms with van der Waals surface area (Å²) in [6, 6.07) is 7.11. The van der Waals surface area contributed by atoms with Crippen molar-refractivity contribution in [1.29, 1.82) is 0 Å². The minimum absolute atomic E-state index is 0.525. The van der Waals surface area contributed by atoms with Crippen molar-refractivity contribution in [3.05, 3.63) is 29.8 Å². The van der Waals surface area contributed by atoms with E-state index in [0.717, 1.165) is 12.0 Å². The first-order valence-electron chi connectivity index (χ1n) is 4.01. The summed E-state index contributed by atoms with van der Waals surface area (Å²) in [6.07, 6.45) is 0.927. The van der Waals surface area contributed by atoms with Crippen molar-refractivity contribution in [2.24, 2.45) is 0 Å². The highest BCUT2D eigenvalue weighted by Gasteiger charge is 2.00. The second-order valence-electron chi connectivity index (χ2n) is 2.53. The third-order valence-corrected chi connectivity index (χ3v) is 1.63. The Bertz CT molecular complexity index is 248. The van der Waals surface area contributed by atoms with Crippen LogP contribution < -0.4 is 5.48 Å². The van der Waals surface area contributed by atoms with Crippen LogP contribution in [0.5, 0.6) is 0 Å². The van der Waals surface area contributed by atoms with Gasteiger partial charge in [0.05, 0.1) is 5.69 Å². The number of halogens is 2. The largest absolute Gasteiger partial charge is 0.364 e. The van der Waals surface area contributed by atoms with Gasteiger partial charge in [0, 0.05) is 0 Å². The Kier molecular flexibility index (Phi) is 3.64. The van der Waals surface area contributed by atoms with Crippen molar-refractivity contribution in [1.82, 2.24) is 0 Å². The predicted octanol–water partition coefficient (Wildman–Crippen LogP) is 2.82. The van der Waals surface area contributed by atoms with Crippen LogP contribution in [0.4, 0.5) is 14.5 Å². The van der Waals surface area contributed by atoms with E-state index in [4.69, 9.17) is 0 Å². The van der Waals surface area contributed by atoms with Crippen molar-refractivity contribution in [3.63, 3.8) is 0 Å². The van der Waals surface area contributed by atoms with Gasteiger partial charge in [0.1, 0.15) is 0 Å². The molecular formula is C9H11F2NO. The molecule has 1 aromatic rings. The first-order valence-corrected chi connectivity index (χ1v) is 4.01. The summed E-state index contributed by atoms with van der Waals surface area (Å²) in [7, 11) is 0. The highest BCUT2D eigenvalue weighted by atomic mass is 19.3. The van der Waals surface area contributed by atoms with E-state index in [9.17, 15) is 8.78 Å². The minimum atomic E-state index is -2.80. The number of rotatable bonds is 4. The lowest BCUT2D eigenvalue weighted by molar-refractivity contribution is -0.105. The maximum atomic E-state index is 11.6. The predicted molar refractivity (Wildman–Crippen MR) is 46.5 cm³/mol. The van der Waals surface area contributed by atoms with E-state index in [1.54, 1.807) is 12.1 Å². The maximum absolute atomic E-state index is 11.6. The fourth-order valence-electron chi connectivity index (χ4n) is 0.921. The Morgan fingerprint density at radius 3 is 2.38 bits per heavy atom. The minimum Gasteiger partial charge on any atom is -0.261 e. The molecule has 0 unspecified atom stereocenters. The van der Waals surface area contributed by atoms with Crippen LogP contribution in [-0.4, -0.2) is 6.61 Å². The topological polar surface area (TPSA) is 21.3 Å². The lowest BCUT2D eigenvalue weighted by atomic mass is 10.2. The molecule has 0 radical (unpaired) electrons. The van der Waals surface area contributed by atoms with Crippen LogP contribution in [-0.2, 0) is 11.3 Å². The van der Waals surface area contributed by atoms with Gasteiger partial charge in [-0.3, -0.25) is 5.48 Å². The lowest BCUT2D eigenvalue weighted by Crippen LogP contribution is -2.06. The Morgan fingerprint density at radius 1 is 1.31 bits per heavy atom. The Morgan fingerprint density at radius 2 is 1.92 bits per heavy atom. The molecule has 0 aromatic heterocycles. The first-order chi connectivity index (χ1) is 6.22. The number of hydrogen-bond donors (Lipinski definition) is 1. The molecule has 0 aliphatic carbocycles. The van der Waals surface area contributed by atoms with Gasteiger partial charge in [0.25, 0.3) is 0 Å². The third kappa shape index (κ3) is 3.38. The molecule has 0 bridgehead atoms. The van der Waals surface area contributed by atoms with Crippen LogP contribution in [0.2, 0.25) is 0 Å². The molecule has 1 aromatic carbocycles. The van der Waals surface area contributed by atoms with Crippen molar-refractivity contribution in [2.45, 2.75) is 20.0 Å². The molecule has 13 heavy (non-hydrogen) atoms. The van der Waals surface area contributed by atoms with Crippen molar-refractivity contribution >= 4 is 5.69 Å². The van der Waals surface area contributed by atoms with Crippen molar-refractivity contribution in [2.75, 3.05) is 5.48 Å². The van der Waals surface area contributed by atoms with Crippen LogP contribution in [0.25, 0.3) is 0 Å². The van der Waals surface area contributed by atoms with E-state index in [0.29, 0.717) is 5.69 Å². The molecular weight excluding hydrogens is 176 g/mol. The highest BCUT2D eigenvalue weighted by Crippen LogP contribution is 2.10. The average molecular weight is 187 g/mol. The van der Waals surface area contributed by atoms with Crippen LogP contribution in [0, 0.1) is 0 Å². The summed E-state index contributed by atoms with van der Waals surface area (Å²) in [5, 5.41) is 0. The molecule has 0 fully saturated rings. The summed E-state index contributed by atoms with van der Waals surface area (Å²) < 4.78 is 23.2. The first kappa shape index (κ1) is 9.92. The van der Waals surface area contributed by atoms with Gasteiger partial charge in [-0.15, -0.1) is 0 Å². The average Bonchev–Trinajstić information content (AvgIpc) is 2.15. The van der Waals surface area contributed by atoms with Gasteiger partial charge < -0.3 is 0 Å². The highest BCUT2D eigenvalue weighted by molar-refractivity contribution is 5.42. The summed E-state index contributed by atoms with van der Waals surface area (Å²) in [5.74, 6) is 0. The molecule has 0 saturated carbocycles. The number of alkyl halides is 2. The summed E-state index contributed by atoms with van der Waals surface area (Å²) in [4.78, 5) is 3.92.